The maximum atomic E-state index is 13.5. The summed E-state index contributed by atoms with van der Waals surface area (Å²) in [5, 5.41) is 0. The summed E-state index contributed by atoms with van der Waals surface area (Å²) >= 11 is 0. The highest BCUT2D eigenvalue weighted by molar-refractivity contribution is 5.18. The molecule has 0 saturated carbocycles. The van der Waals surface area contributed by atoms with Gasteiger partial charge in [0.1, 0.15) is 0 Å². The van der Waals surface area contributed by atoms with Crippen molar-refractivity contribution in [3.63, 3.8) is 0 Å². The Balaban J connectivity index is 6.69. The van der Waals surface area contributed by atoms with Crippen molar-refractivity contribution in [1.29, 1.82) is 0 Å². The molecule has 0 N–H and O–H groups in total. The molecule has 0 aliphatic carbocycles. The van der Waals surface area contributed by atoms with Gasteiger partial charge in [-0.05, 0) is 19.4 Å². The number of unbranched alkanes of at least 4 members (excludes halogenated alkanes) is 1. The van der Waals surface area contributed by atoms with Gasteiger partial charge in [-0.25, -0.2) is 0 Å². The van der Waals surface area contributed by atoms with E-state index >= 15 is 0 Å². The van der Waals surface area contributed by atoms with E-state index in [2.05, 4.69) is 0 Å². The molecule has 0 aliphatic rings. The van der Waals surface area contributed by atoms with Crippen molar-refractivity contribution < 1.29 is 70.2 Å². The standard InChI is InChI=1S/C15H14F16/c1-3-5-7-9(18,19)11(22,23)13(26,27)15(30,31)14(28,29)12(24,25)10(20,21)8(16,17)6-4-2/h4,6H,3,5,7H2,1-2H3. The second kappa shape index (κ2) is 8.19. The van der Waals surface area contributed by atoms with Crippen LogP contribution in [0.4, 0.5) is 70.2 Å². The smallest absolute Gasteiger partial charge is 0.200 e. The molecule has 0 atom stereocenters. The van der Waals surface area contributed by atoms with Gasteiger partial charge in [0.15, 0.2) is 0 Å². The van der Waals surface area contributed by atoms with Gasteiger partial charge in [-0.3, -0.25) is 0 Å². The zero-order valence-electron chi connectivity index (χ0n) is 15.3. The molecule has 0 unspecified atom stereocenters. The lowest BCUT2D eigenvalue weighted by Crippen LogP contribution is -2.74. The Hall–Kier alpha value is -1.38. The van der Waals surface area contributed by atoms with Crippen molar-refractivity contribution in [2.45, 2.75) is 80.5 Å². The molecule has 0 aromatic rings. The summed E-state index contributed by atoms with van der Waals surface area (Å²) in [6.45, 7) is 1.49. The SMILES string of the molecule is CC=CC(F)(F)C(F)(F)C(F)(F)C(F)(F)C(F)(F)C(F)(F)C(F)(F)C(F)(F)CCCC. The number of hydrogen-bond donors (Lipinski definition) is 0. The molecule has 0 fully saturated rings. The van der Waals surface area contributed by atoms with Crippen LogP contribution in [-0.4, -0.2) is 47.4 Å². The van der Waals surface area contributed by atoms with Gasteiger partial charge in [-0.1, -0.05) is 19.4 Å². The van der Waals surface area contributed by atoms with Gasteiger partial charge in [-0.2, -0.15) is 70.2 Å². The van der Waals surface area contributed by atoms with Crippen molar-refractivity contribution in [1.82, 2.24) is 0 Å². The molecule has 0 aromatic carbocycles. The van der Waals surface area contributed by atoms with E-state index in [0.29, 0.717) is 6.92 Å². The van der Waals surface area contributed by atoms with Crippen LogP contribution in [0.3, 0.4) is 0 Å². The van der Waals surface area contributed by atoms with Gasteiger partial charge in [0.25, 0.3) is 0 Å². The first-order chi connectivity index (χ1) is 13.4. The third-order valence-electron chi connectivity index (χ3n) is 4.07. The molecule has 0 amide bonds. The Kier molecular flexibility index (Phi) is 7.83. The van der Waals surface area contributed by atoms with E-state index in [1.807, 2.05) is 0 Å². The normalized spacial score (nSPS) is 16.3. The summed E-state index contributed by atoms with van der Waals surface area (Å²) in [6.07, 6.45) is -5.09. The molecule has 0 heterocycles. The van der Waals surface area contributed by atoms with Crippen LogP contribution < -0.4 is 0 Å². The Morgan fingerprint density at radius 3 is 1.16 bits per heavy atom. The summed E-state index contributed by atoms with van der Waals surface area (Å²) in [5.74, 6) is -60.5. The van der Waals surface area contributed by atoms with Gasteiger partial charge in [-0.15, -0.1) is 0 Å². The van der Waals surface area contributed by atoms with E-state index in [4.69, 9.17) is 0 Å². The Bertz CT molecular complexity index is 645. The van der Waals surface area contributed by atoms with E-state index in [1.165, 1.54) is 0 Å². The fourth-order valence-electron chi connectivity index (χ4n) is 2.10. The number of allylic oxidation sites excluding steroid dienone is 2. The van der Waals surface area contributed by atoms with Crippen molar-refractivity contribution in [3.05, 3.63) is 12.2 Å². The first-order valence-corrected chi connectivity index (χ1v) is 8.03. The maximum Gasteiger partial charge on any atom is 0.385 e. The zero-order chi connectivity index (χ0) is 25.5. The van der Waals surface area contributed by atoms with E-state index in [-0.39, 0.29) is 6.08 Å². The lowest BCUT2D eigenvalue weighted by Gasteiger charge is -2.43. The van der Waals surface area contributed by atoms with E-state index in [0.717, 1.165) is 6.92 Å². The van der Waals surface area contributed by atoms with Crippen LogP contribution in [0, 0.1) is 0 Å². The lowest BCUT2D eigenvalue weighted by molar-refractivity contribution is -0.451. The molecule has 16 heteroatoms. The fraction of sp³-hybridized carbons (Fsp3) is 0.867. The largest absolute Gasteiger partial charge is 0.385 e. The van der Waals surface area contributed by atoms with Crippen LogP contribution in [0.1, 0.15) is 33.1 Å². The molecular weight excluding hydrogens is 484 g/mol. The number of rotatable bonds is 11. The topological polar surface area (TPSA) is 0 Å². The molecule has 0 bridgehead atoms. The molecule has 0 nitrogen and oxygen atoms in total. The minimum Gasteiger partial charge on any atom is -0.200 e. The van der Waals surface area contributed by atoms with Crippen molar-refractivity contribution in [3.8, 4) is 0 Å². The molecule has 0 radical (unpaired) electrons. The minimum atomic E-state index is -8.36. The van der Waals surface area contributed by atoms with Gasteiger partial charge in [0.05, 0.1) is 0 Å². The first-order valence-electron chi connectivity index (χ1n) is 8.03. The zero-order valence-corrected chi connectivity index (χ0v) is 15.3. The molecule has 31 heavy (non-hydrogen) atoms. The van der Waals surface area contributed by atoms with E-state index in [9.17, 15) is 70.2 Å². The first kappa shape index (κ1) is 29.6. The van der Waals surface area contributed by atoms with Gasteiger partial charge in [0.2, 0.25) is 0 Å². The van der Waals surface area contributed by atoms with Gasteiger partial charge < -0.3 is 0 Å². The third kappa shape index (κ3) is 4.07. The van der Waals surface area contributed by atoms with Crippen LogP contribution >= 0.6 is 0 Å². The lowest BCUT2D eigenvalue weighted by atomic mass is 9.86. The van der Waals surface area contributed by atoms with Crippen molar-refractivity contribution in [2.75, 3.05) is 0 Å². The van der Waals surface area contributed by atoms with Crippen LogP contribution in [0.2, 0.25) is 0 Å². The molecule has 0 aliphatic heterocycles. The fourth-order valence-corrected chi connectivity index (χ4v) is 2.10. The minimum absolute atomic E-state index is 0.128. The second-order valence-electron chi connectivity index (χ2n) is 6.38. The summed E-state index contributed by atoms with van der Waals surface area (Å²) in [7, 11) is 0. The summed E-state index contributed by atoms with van der Waals surface area (Å²) in [4.78, 5) is 0. The number of alkyl halides is 16. The molecule has 0 aromatic heterocycles. The van der Waals surface area contributed by atoms with Crippen LogP contribution in [-0.2, 0) is 0 Å². The summed E-state index contributed by atoms with van der Waals surface area (Å²) in [6, 6.07) is 0. The predicted molar refractivity (Wildman–Crippen MR) is 73.9 cm³/mol. The quantitative estimate of drug-likeness (QED) is 0.201. The van der Waals surface area contributed by atoms with E-state index in [1.54, 1.807) is 0 Å². The van der Waals surface area contributed by atoms with E-state index < -0.39 is 72.7 Å². The Morgan fingerprint density at radius 2 is 0.839 bits per heavy atom. The van der Waals surface area contributed by atoms with Crippen molar-refractivity contribution in [2.24, 2.45) is 0 Å². The molecule has 0 spiro atoms. The summed E-state index contributed by atoms with van der Waals surface area (Å²) in [5.41, 5.74) is 0. The second-order valence-corrected chi connectivity index (χ2v) is 6.38. The third-order valence-corrected chi connectivity index (χ3v) is 4.07. The van der Waals surface area contributed by atoms with Crippen LogP contribution in [0.5, 0.6) is 0 Å². The molecule has 0 saturated heterocycles. The molecule has 186 valence electrons. The Labute approximate surface area is 164 Å². The number of halogens is 16. The average Bonchev–Trinajstić information content (AvgIpc) is 2.58. The number of hydrogen-bond acceptors (Lipinski definition) is 0. The maximum absolute atomic E-state index is 13.5. The highest BCUT2D eigenvalue weighted by atomic mass is 19.4. The molecular formula is C15H14F16. The van der Waals surface area contributed by atoms with Crippen LogP contribution in [0.25, 0.3) is 0 Å². The highest BCUT2D eigenvalue weighted by Gasteiger charge is 2.94. The Morgan fingerprint density at radius 1 is 0.516 bits per heavy atom. The van der Waals surface area contributed by atoms with Crippen LogP contribution in [0.15, 0.2) is 12.2 Å². The molecule has 0 rings (SSSR count). The van der Waals surface area contributed by atoms with Gasteiger partial charge in [0, 0.05) is 6.42 Å². The van der Waals surface area contributed by atoms with Crippen molar-refractivity contribution >= 4 is 0 Å². The predicted octanol–water partition coefficient (Wildman–Crippen LogP) is 7.84. The highest BCUT2D eigenvalue weighted by Crippen LogP contribution is 2.64. The van der Waals surface area contributed by atoms with Gasteiger partial charge >= 0.3 is 47.4 Å². The summed E-state index contributed by atoms with van der Waals surface area (Å²) < 4.78 is 215. The monoisotopic (exact) mass is 498 g/mol. The average molecular weight is 498 g/mol.